The molecule has 5 aromatic rings. The van der Waals surface area contributed by atoms with Gasteiger partial charge in [0.25, 0.3) is 0 Å². The van der Waals surface area contributed by atoms with Crippen molar-refractivity contribution in [1.29, 1.82) is 0 Å². The molecule has 0 aliphatic rings. The van der Waals surface area contributed by atoms with E-state index >= 15 is 0 Å². The van der Waals surface area contributed by atoms with Crippen LogP contribution < -0.4 is 5.32 Å². The first-order valence-corrected chi connectivity index (χ1v) is 13.5. The fourth-order valence-corrected chi connectivity index (χ4v) is 4.79. The van der Waals surface area contributed by atoms with E-state index in [1.807, 2.05) is 70.4 Å². The molecule has 0 aliphatic heterocycles. The van der Waals surface area contributed by atoms with E-state index in [0.717, 1.165) is 73.5 Å². The zero-order valence-corrected chi connectivity index (χ0v) is 24.1. The summed E-state index contributed by atoms with van der Waals surface area (Å²) >= 11 is 0. The molecule has 41 heavy (non-hydrogen) atoms. The summed E-state index contributed by atoms with van der Waals surface area (Å²) in [5.74, 6) is -0.302. The number of hydrogen-bond donors (Lipinski definition) is 3. The molecule has 9 heteroatoms. The summed E-state index contributed by atoms with van der Waals surface area (Å²) in [5.41, 5.74) is 8.38. The van der Waals surface area contributed by atoms with Crippen molar-refractivity contribution in [2.75, 3.05) is 46.6 Å². The molecular formula is C32H35FN8. The molecule has 0 spiro atoms. The number of halogens is 1. The molecule has 0 unspecified atom stereocenters. The van der Waals surface area contributed by atoms with Gasteiger partial charge in [-0.25, -0.2) is 4.39 Å². The SMILES string of the molecule is C=C/C(=C\C(=C/C)c1cc2c(-c3cc4c(-c5cc(F)cc(NCCN(C)C)c5)cncc4[nH]3)n[nH]c2cn1)N(C)C. The van der Waals surface area contributed by atoms with Gasteiger partial charge in [0.15, 0.2) is 0 Å². The number of H-pyrrole nitrogens is 2. The predicted octanol–water partition coefficient (Wildman–Crippen LogP) is 6.32. The van der Waals surface area contributed by atoms with Gasteiger partial charge < -0.3 is 20.1 Å². The summed E-state index contributed by atoms with van der Waals surface area (Å²) in [4.78, 5) is 16.7. The van der Waals surface area contributed by atoms with Gasteiger partial charge in [-0.1, -0.05) is 12.7 Å². The van der Waals surface area contributed by atoms with Crippen molar-refractivity contribution in [1.82, 2.24) is 34.9 Å². The van der Waals surface area contributed by atoms with Crippen LogP contribution >= 0.6 is 0 Å². The number of aromatic nitrogens is 5. The average molecular weight is 551 g/mol. The van der Waals surface area contributed by atoms with Crippen molar-refractivity contribution in [3.05, 3.63) is 90.9 Å². The van der Waals surface area contributed by atoms with Gasteiger partial charge in [0.1, 0.15) is 11.5 Å². The Morgan fingerprint density at radius 3 is 2.59 bits per heavy atom. The lowest BCUT2D eigenvalue weighted by molar-refractivity contribution is 0.425. The second-order valence-electron chi connectivity index (χ2n) is 10.4. The van der Waals surface area contributed by atoms with Crippen molar-refractivity contribution in [2.45, 2.75) is 6.92 Å². The van der Waals surface area contributed by atoms with E-state index in [2.05, 4.69) is 48.0 Å². The monoisotopic (exact) mass is 550 g/mol. The molecular weight excluding hydrogens is 515 g/mol. The highest BCUT2D eigenvalue weighted by Crippen LogP contribution is 2.35. The van der Waals surface area contributed by atoms with Gasteiger partial charge in [0.05, 0.1) is 34.8 Å². The van der Waals surface area contributed by atoms with Crippen molar-refractivity contribution in [3.8, 4) is 22.5 Å². The number of nitrogens with one attached hydrogen (secondary N) is 3. The lowest BCUT2D eigenvalue weighted by atomic mass is 10.0. The molecule has 1 aromatic carbocycles. The van der Waals surface area contributed by atoms with Crippen LogP contribution in [0.1, 0.15) is 12.6 Å². The number of anilines is 1. The summed E-state index contributed by atoms with van der Waals surface area (Å²) in [6.45, 7) is 7.48. The van der Waals surface area contributed by atoms with Crippen LogP contribution in [0.2, 0.25) is 0 Å². The first kappa shape index (κ1) is 27.8. The van der Waals surface area contributed by atoms with Gasteiger partial charge >= 0.3 is 0 Å². The van der Waals surface area contributed by atoms with Gasteiger partial charge in [-0.2, -0.15) is 5.10 Å². The Kier molecular flexibility index (Phi) is 7.98. The number of likely N-dealkylation sites (N-methyl/N-ethyl adjacent to an activating group) is 2. The molecule has 4 aromatic heterocycles. The molecule has 3 N–H and O–H groups in total. The third-order valence-corrected chi connectivity index (χ3v) is 6.98. The summed E-state index contributed by atoms with van der Waals surface area (Å²) in [6, 6.07) is 9.10. The lowest BCUT2D eigenvalue weighted by Crippen LogP contribution is -2.20. The van der Waals surface area contributed by atoms with Crippen LogP contribution in [0.4, 0.5) is 10.1 Å². The van der Waals surface area contributed by atoms with E-state index < -0.39 is 0 Å². The molecule has 8 nitrogen and oxygen atoms in total. The van der Waals surface area contributed by atoms with E-state index in [4.69, 9.17) is 0 Å². The second kappa shape index (κ2) is 11.8. The van der Waals surface area contributed by atoms with Crippen LogP contribution in [0.25, 0.3) is 49.9 Å². The number of nitrogens with zero attached hydrogens (tertiary/aromatic N) is 5. The van der Waals surface area contributed by atoms with Crippen LogP contribution in [0, 0.1) is 5.82 Å². The lowest BCUT2D eigenvalue weighted by Gasteiger charge is -2.14. The number of rotatable bonds is 10. The van der Waals surface area contributed by atoms with Gasteiger partial charge in [-0.05, 0) is 74.6 Å². The summed E-state index contributed by atoms with van der Waals surface area (Å²) in [6.07, 6.45) is 11.3. The molecule has 0 atom stereocenters. The fraction of sp³-hybridized carbons (Fsp3) is 0.219. The summed E-state index contributed by atoms with van der Waals surface area (Å²) < 4.78 is 14.7. The van der Waals surface area contributed by atoms with Crippen molar-refractivity contribution < 1.29 is 4.39 Å². The van der Waals surface area contributed by atoms with Crippen LogP contribution in [0.15, 0.2) is 79.4 Å². The van der Waals surface area contributed by atoms with E-state index in [9.17, 15) is 4.39 Å². The van der Waals surface area contributed by atoms with Crippen molar-refractivity contribution in [2.24, 2.45) is 0 Å². The van der Waals surface area contributed by atoms with Crippen LogP contribution in [-0.2, 0) is 0 Å². The van der Waals surface area contributed by atoms with Gasteiger partial charge in [0, 0.05) is 61.1 Å². The quantitative estimate of drug-likeness (QED) is 0.177. The summed E-state index contributed by atoms with van der Waals surface area (Å²) in [7, 11) is 7.98. The normalized spacial score (nSPS) is 12.5. The molecule has 0 radical (unpaired) electrons. The third kappa shape index (κ3) is 5.90. The van der Waals surface area contributed by atoms with Gasteiger partial charge in [-0.15, -0.1) is 0 Å². The number of hydrogen-bond acceptors (Lipinski definition) is 6. The van der Waals surface area contributed by atoms with Crippen molar-refractivity contribution in [3.63, 3.8) is 0 Å². The van der Waals surface area contributed by atoms with E-state index in [-0.39, 0.29) is 5.82 Å². The molecule has 0 saturated carbocycles. The number of benzene rings is 1. The van der Waals surface area contributed by atoms with Gasteiger partial charge in [-0.3, -0.25) is 15.1 Å². The molecule has 210 valence electrons. The third-order valence-electron chi connectivity index (χ3n) is 6.98. The van der Waals surface area contributed by atoms with E-state index in [1.54, 1.807) is 24.7 Å². The Bertz CT molecular complexity index is 1770. The molecule has 5 rings (SSSR count). The zero-order valence-electron chi connectivity index (χ0n) is 24.1. The van der Waals surface area contributed by atoms with Crippen LogP contribution in [0.3, 0.4) is 0 Å². The highest BCUT2D eigenvalue weighted by molar-refractivity contribution is 6.01. The van der Waals surface area contributed by atoms with E-state index in [1.165, 1.54) is 6.07 Å². The smallest absolute Gasteiger partial charge is 0.125 e. The maximum atomic E-state index is 14.7. The number of fused-ring (bicyclic) bond motifs is 2. The molecule has 4 heterocycles. The largest absolute Gasteiger partial charge is 0.384 e. The molecule has 0 saturated heterocycles. The van der Waals surface area contributed by atoms with Crippen LogP contribution in [0.5, 0.6) is 0 Å². The first-order valence-electron chi connectivity index (χ1n) is 13.5. The standard InChI is InChI=1S/C32H35FN8/c1-7-20(13-24(8-2)41(5)6)28-16-26-31(19-36-28)38-39-32(26)29-15-25-27(17-34-18-30(25)37-29)21-11-22(33)14-23(12-21)35-9-10-40(3)4/h7-8,11-19,35,37H,2,9-10H2,1,3-6H3,(H,38,39)/b20-7+,24-13+. The van der Waals surface area contributed by atoms with Crippen LogP contribution in [-0.4, -0.2) is 76.2 Å². The Hall–Kier alpha value is -4.76. The minimum atomic E-state index is -0.302. The molecule has 0 amide bonds. The maximum Gasteiger partial charge on any atom is 0.125 e. The number of aromatic amines is 2. The number of allylic oxidation sites excluding steroid dienone is 4. The molecule has 0 aliphatic carbocycles. The maximum absolute atomic E-state index is 14.7. The van der Waals surface area contributed by atoms with E-state index in [0.29, 0.717) is 6.54 Å². The zero-order chi connectivity index (χ0) is 29.1. The highest BCUT2D eigenvalue weighted by atomic mass is 19.1. The average Bonchev–Trinajstić information content (AvgIpc) is 3.56. The number of pyridine rings is 2. The minimum absolute atomic E-state index is 0.302. The molecule has 0 fully saturated rings. The van der Waals surface area contributed by atoms with Gasteiger partial charge in [0.2, 0.25) is 0 Å². The fourth-order valence-electron chi connectivity index (χ4n) is 4.79. The Labute approximate surface area is 239 Å². The Morgan fingerprint density at radius 1 is 1.02 bits per heavy atom. The topological polar surface area (TPSA) is 88.8 Å². The second-order valence-corrected chi connectivity index (χ2v) is 10.4. The Balaban J connectivity index is 1.55. The summed E-state index contributed by atoms with van der Waals surface area (Å²) in [5, 5.41) is 12.9. The predicted molar refractivity (Wildman–Crippen MR) is 167 cm³/mol. The minimum Gasteiger partial charge on any atom is -0.384 e. The Morgan fingerprint density at radius 2 is 1.85 bits per heavy atom. The molecule has 0 bridgehead atoms. The first-order chi connectivity index (χ1) is 19.8. The van der Waals surface area contributed by atoms with Crippen molar-refractivity contribution >= 4 is 33.1 Å². The highest BCUT2D eigenvalue weighted by Gasteiger charge is 2.16.